The predicted octanol–water partition coefficient (Wildman–Crippen LogP) is 0.197. The molecule has 0 aliphatic rings. The fraction of sp³-hybridized carbons (Fsp3) is 0. The zero-order chi connectivity index (χ0) is 0. The van der Waals surface area contributed by atoms with Crippen molar-refractivity contribution in [1.29, 1.82) is 0 Å². The van der Waals surface area contributed by atoms with Gasteiger partial charge in [0.05, 0.1) is 0 Å². The first-order valence-corrected chi connectivity index (χ1v) is 0. The number of hydrogen-bond donors (Lipinski definition) is 0. The van der Waals surface area contributed by atoms with Crippen LogP contribution >= 0.6 is 0 Å². The third-order valence-corrected chi connectivity index (χ3v) is 0. The van der Waals surface area contributed by atoms with Crippen LogP contribution in [0.5, 0.6) is 0 Å². The van der Waals surface area contributed by atoms with E-state index in [1.165, 1.54) is 0 Å². The molecule has 21 valence electrons. The van der Waals surface area contributed by atoms with E-state index in [1.807, 2.05) is 0 Å². The number of hydrogen-bond acceptors (Lipinski definition) is 0. The normalized spacial score (nSPS) is 0. The largest absolute Gasteiger partial charge is 3.00 e. The van der Waals surface area contributed by atoms with Gasteiger partial charge in [-0.3, -0.25) is 0 Å². The third kappa shape index (κ3) is 9.22. The number of rotatable bonds is 0. The van der Waals surface area contributed by atoms with Crippen LogP contribution in [0.15, 0.2) is 0 Å². The van der Waals surface area contributed by atoms with Crippen LogP contribution in [0, 0.1) is 39.9 Å². The monoisotopic (exact) mass is 213 g/mol. The van der Waals surface area contributed by atoms with Gasteiger partial charge in [-0.05, 0) is 0 Å². The van der Waals surface area contributed by atoms with Gasteiger partial charge in [-0.25, -0.2) is 0 Å². The molecule has 0 aliphatic carbocycles. The molecule has 0 saturated heterocycles. The quantitative estimate of drug-likeness (QED) is 0.515. The summed E-state index contributed by atoms with van der Waals surface area (Å²) in [5, 5.41) is 0. The van der Waals surface area contributed by atoms with Gasteiger partial charge in [0.25, 0.3) is 0 Å². The summed E-state index contributed by atoms with van der Waals surface area (Å²) in [5.41, 5.74) is 0. The number of nitrogens with zero attached hydrogens (tertiary/aromatic N) is 2. The van der Waals surface area contributed by atoms with Crippen molar-refractivity contribution < 1.29 is 39.9 Å². The van der Waals surface area contributed by atoms with Crippen LogP contribution in [-0.4, -0.2) is 17.4 Å². The van der Waals surface area contributed by atoms with Gasteiger partial charge in [-0.2, -0.15) is 0 Å². The summed E-state index contributed by atoms with van der Waals surface area (Å²) in [6.07, 6.45) is 0. The molecule has 0 unspecified atom stereocenters. The zero-order valence-electron chi connectivity index (χ0n) is 1.83. The van der Waals surface area contributed by atoms with Crippen molar-refractivity contribution in [2.75, 3.05) is 0 Å². The summed E-state index contributed by atoms with van der Waals surface area (Å²) in [6, 6.07) is 0. The first kappa shape index (κ1) is 41.7. The Balaban J connectivity index is 0. The maximum Gasteiger partial charge on any atom is 3.00 e. The standard InChI is InChI=1S/Al.Gd.2N/q2*+3;2*-3. The average molecular weight is 212 g/mol. The van der Waals surface area contributed by atoms with Gasteiger partial charge in [-0.1, -0.05) is 0 Å². The summed E-state index contributed by atoms with van der Waals surface area (Å²) in [4.78, 5) is 0. The van der Waals surface area contributed by atoms with Gasteiger partial charge in [0.2, 0.25) is 0 Å². The second-order valence-corrected chi connectivity index (χ2v) is 0. The van der Waals surface area contributed by atoms with Gasteiger partial charge in [0.15, 0.2) is 0 Å². The molecule has 0 atom stereocenters. The maximum atomic E-state index is 0. The molecule has 4 heteroatoms. The van der Waals surface area contributed by atoms with Crippen LogP contribution in [-0.2, 0) is 0 Å². The molecule has 0 saturated carbocycles. The minimum Gasteiger partial charge on any atom is -3.00 e. The van der Waals surface area contributed by atoms with E-state index in [1.54, 1.807) is 0 Å². The van der Waals surface area contributed by atoms with Crippen LogP contribution in [0.1, 0.15) is 0 Å². The molecular formula is AlGdN2. The van der Waals surface area contributed by atoms with Crippen molar-refractivity contribution in [3.8, 4) is 0 Å². The van der Waals surface area contributed by atoms with Crippen LogP contribution in [0.4, 0.5) is 0 Å². The molecule has 0 aromatic rings. The predicted molar refractivity (Wildman–Crippen MR) is 12.5 cm³/mol. The molecule has 1 radical (unpaired) electrons. The second-order valence-electron chi connectivity index (χ2n) is 0. The van der Waals surface area contributed by atoms with Crippen LogP contribution in [0.3, 0.4) is 0 Å². The van der Waals surface area contributed by atoms with Gasteiger partial charge < -0.3 is 12.3 Å². The molecule has 0 bridgehead atoms. The average Bonchev–Trinajstić information content (AvgIpc) is 0. The molecule has 0 aliphatic heterocycles. The van der Waals surface area contributed by atoms with E-state index in [0.717, 1.165) is 0 Å². The summed E-state index contributed by atoms with van der Waals surface area (Å²) in [5.74, 6) is 0. The van der Waals surface area contributed by atoms with Crippen molar-refractivity contribution in [3.63, 3.8) is 0 Å². The van der Waals surface area contributed by atoms with Gasteiger partial charge in [0, 0.05) is 0 Å². The Bertz CT molecular complexity index is 6.00. The molecular weight excluding hydrogens is 212 g/mol. The third-order valence-electron chi connectivity index (χ3n) is 0. The molecule has 0 aromatic carbocycles. The molecule has 0 amide bonds. The Hall–Kier alpha value is 1.78. The molecule has 0 N–H and O–H groups in total. The first-order valence-electron chi connectivity index (χ1n) is 0. The Kier molecular flexibility index (Phi) is 225. The van der Waals surface area contributed by atoms with E-state index in [0.29, 0.717) is 0 Å². The van der Waals surface area contributed by atoms with E-state index in [-0.39, 0.29) is 69.6 Å². The van der Waals surface area contributed by atoms with Gasteiger partial charge >= 0.3 is 57.3 Å². The topological polar surface area (TPSA) is 61.0 Å². The SMILES string of the molecule is [Al+3].[Gd+3].[N-3].[N-3]. The first-order chi connectivity index (χ1) is 0. The summed E-state index contributed by atoms with van der Waals surface area (Å²) >= 11 is 0. The van der Waals surface area contributed by atoms with Crippen molar-refractivity contribution in [2.24, 2.45) is 0 Å². The van der Waals surface area contributed by atoms with Crippen molar-refractivity contribution in [2.45, 2.75) is 0 Å². The summed E-state index contributed by atoms with van der Waals surface area (Å²) < 4.78 is 0. The Morgan fingerprint density at radius 3 is 0.750 bits per heavy atom. The molecule has 0 heterocycles. The smallest absolute Gasteiger partial charge is 3.00 e. The summed E-state index contributed by atoms with van der Waals surface area (Å²) in [7, 11) is 0. The van der Waals surface area contributed by atoms with Gasteiger partial charge in [0.1, 0.15) is 0 Å². The Morgan fingerprint density at radius 2 is 0.750 bits per heavy atom. The molecule has 4 heavy (non-hydrogen) atoms. The van der Waals surface area contributed by atoms with E-state index >= 15 is 0 Å². The van der Waals surface area contributed by atoms with E-state index in [9.17, 15) is 0 Å². The van der Waals surface area contributed by atoms with Crippen LogP contribution < -0.4 is 0 Å². The van der Waals surface area contributed by atoms with E-state index in [2.05, 4.69) is 0 Å². The Labute approximate surface area is 68.7 Å². The summed E-state index contributed by atoms with van der Waals surface area (Å²) in [6.45, 7) is 0. The van der Waals surface area contributed by atoms with Crippen molar-refractivity contribution in [3.05, 3.63) is 12.3 Å². The second kappa shape index (κ2) is 21.6. The zero-order valence-corrected chi connectivity index (χ0v) is 5.25. The molecule has 0 spiro atoms. The van der Waals surface area contributed by atoms with Crippen molar-refractivity contribution >= 4 is 17.4 Å². The van der Waals surface area contributed by atoms with Crippen LogP contribution in [0.25, 0.3) is 12.3 Å². The van der Waals surface area contributed by atoms with E-state index in [4.69, 9.17) is 0 Å². The van der Waals surface area contributed by atoms with E-state index < -0.39 is 0 Å². The molecule has 2 nitrogen and oxygen atoms in total. The molecule has 0 fully saturated rings. The Morgan fingerprint density at radius 1 is 0.750 bits per heavy atom. The van der Waals surface area contributed by atoms with Crippen LogP contribution in [0.2, 0.25) is 0 Å². The minimum atomic E-state index is 0. The van der Waals surface area contributed by atoms with Crippen molar-refractivity contribution in [1.82, 2.24) is 0 Å². The maximum absolute atomic E-state index is 0. The minimum absolute atomic E-state index is 0. The van der Waals surface area contributed by atoms with Gasteiger partial charge in [-0.15, -0.1) is 0 Å². The fourth-order valence-electron chi connectivity index (χ4n) is 0. The molecule has 0 aromatic heterocycles. The molecule has 0 rings (SSSR count). The fourth-order valence-corrected chi connectivity index (χ4v) is 0.